The number of imidazole rings is 1. The van der Waals surface area contributed by atoms with E-state index in [0.717, 1.165) is 52.2 Å². The van der Waals surface area contributed by atoms with Gasteiger partial charge in [0.2, 0.25) is 5.95 Å². The molecule has 4 rings (SSSR count). The van der Waals surface area contributed by atoms with E-state index in [2.05, 4.69) is 56.0 Å². The molecule has 0 saturated heterocycles. The maximum Gasteiger partial charge on any atom is 0.258 e. The minimum atomic E-state index is -0.214. The van der Waals surface area contributed by atoms with Gasteiger partial charge in [0.25, 0.3) is 5.91 Å². The van der Waals surface area contributed by atoms with Gasteiger partial charge in [-0.25, -0.2) is 4.98 Å². The van der Waals surface area contributed by atoms with E-state index in [1.54, 1.807) is 19.2 Å². The number of unbranched alkanes of at least 4 members (excludes halogenated alkanes) is 4. The monoisotopic (exact) mass is 697 g/mol. The molecule has 1 fully saturated rings. The molecule has 3 aromatic rings. The highest BCUT2D eigenvalue weighted by Gasteiger charge is 2.15. The van der Waals surface area contributed by atoms with Crippen molar-refractivity contribution in [1.82, 2.24) is 14.5 Å². The molecule has 0 radical (unpaired) electrons. The predicted octanol–water partition coefficient (Wildman–Crippen LogP) is 14.4. The normalized spacial score (nSPS) is 11.4. The SMILES string of the molecule is C1CCCC1.CC.CC.CC.CCC/C(OC)=C(\C)c1cc(C(=O)Nc2nc3ccc(C)cc3n2C)cc(C)n1.CCCC.CCCCCC. The first-order valence-electron chi connectivity index (χ1n) is 20.1. The molecule has 6 heteroatoms. The number of nitrogens with one attached hydrogen (secondary N) is 1. The van der Waals surface area contributed by atoms with Crippen molar-refractivity contribution >= 4 is 28.5 Å². The van der Waals surface area contributed by atoms with E-state index in [1.807, 2.05) is 86.1 Å². The maximum absolute atomic E-state index is 13.0. The number of aromatic nitrogens is 3. The number of pyridine rings is 1. The van der Waals surface area contributed by atoms with E-state index in [0.29, 0.717) is 11.5 Å². The van der Waals surface area contributed by atoms with E-state index in [9.17, 15) is 4.79 Å². The van der Waals surface area contributed by atoms with Crippen LogP contribution in [-0.2, 0) is 11.8 Å². The predicted molar refractivity (Wildman–Crippen MR) is 224 cm³/mol. The lowest BCUT2D eigenvalue weighted by atomic mass is 10.1. The van der Waals surface area contributed by atoms with Crippen LogP contribution in [0.5, 0.6) is 0 Å². The zero-order valence-electron chi connectivity index (χ0n) is 35.7. The zero-order valence-corrected chi connectivity index (χ0v) is 35.7. The molecule has 1 aliphatic rings. The maximum atomic E-state index is 13.0. The fourth-order valence-corrected chi connectivity index (χ4v) is 4.77. The summed E-state index contributed by atoms with van der Waals surface area (Å²) in [4.78, 5) is 22.1. The van der Waals surface area contributed by atoms with Gasteiger partial charge in [-0.05, 0) is 57.0 Å². The molecule has 0 unspecified atom stereocenters. The smallest absolute Gasteiger partial charge is 0.258 e. The number of amides is 1. The highest BCUT2D eigenvalue weighted by atomic mass is 16.5. The van der Waals surface area contributed by atoms with Crippen LogP contribution >= 0.6 is 0 Å². The molecule has 1 amide bonds. The Morgan fingerprint density at radius 2 is 1.28 bits per heavy atom. The van der Waals surface area contributed by atoms with Crippen LogP contribution in [-0.4, -0.2) is 27.6 Å². The fraction of sp³-hybridized carbons (Fsp3) is 0.659. The van der Waals surface area contributed by atoms with Crippen LogP contribution in [0.25, 0.3) is 16.6 Å². The van der Waals surface area contributed by atoms with Crippen molar-refractivity contribution < 1.29 is 9.53 Å². The van der Waals surface area contributed by atoms with Crippen LogP contribution in [0.1, 0.15) is 194 Å². The van der Waals surface area contributed by atoms with Crippen LogP contribution in [0.15, 0.2) is 36.1 Å². The Morgan fingerprint density at radius 1 is 0.760 bits per heavy atom. The molecule has 288 valence electrons. The Bertz CT molecular complexity index is 1260. The number of carbonyl (C=O) groups is 1. The summed E-state index contributed by atoms with van der Waals surface area (Å²) in [7, 11) is 3.57. The molecule has 1 aliphatic carbocycles. The zero-order chi connectivity index (χ0) is 38.9. The fourth-order valence-electron chi connectivity index (χ4n) is 4.77. The summed E-state index contributed by atoms with van der Waals surface area (Å²) in [5.41, 5.74) is 6.00. The van der Waals surface area contributed by atoms with Crippen LogP contribution in [0.4, 0.5) is 5.95 Å². The standard InChI is InChI=1S/C23H28N4O2.C6H14.C5H10.C4H10.3C2H6/c1-7-8-21(29-6)16(4)19-13-17(12-15(3)24-19)22(28)26-23-25-18-10-9-14(2)11-20(18)27(23)5;1-3-5-6-4-2;1-2-4-5-3-1;1-3-4-2;3*1-2/h9-13H,7-8H2,1-6H3,(H,25,26,28);3-6H2,1-2H3;1-5H2;3-4H2,1-2H3;3*1-2H3/b21-16-;;;;;;. The topological polar surface area (TPSA) is 69.0 Å². The average molecular weight is 697 g/mol. The second kappa shape index (κ2) is 34.3. The van der Waals surface area contributed by atoms with Gasteiger partial charge in [-0.15, -0.1) is 0 Å². The number of rotatable bonds is 10. The van der Waals surface area contributed by atoms with E-state index in [-0.39, 0.29) is 5.91 Å². The van der Waals surface area contributed by atoms with Crippen LogP contribution < -0.4 is 5.32 Å². The van der Waals surface area contributed by atoms with Crippen LogP contribution in [0.2, 0.25) is 0 Å². The molecule has 6 nitrogen and oxygen atoms in total. The van der Waals surface area contributed by atoms with Gasteiger partial charge < -0.3 is 9.30 Å². The van der Waals surface area contributed by atoms with Gasteiger partial charge in [-0.3, -0.25) is 15.1 Å². The second-order valence-corrected chi connectivity index (χ2v) is 11.8. The number of fused-ring (bicyclic) bond motifs is 1. The highest BCUT2D eigenvalue weighted by molar-refractivity contribution is 6.04. The summed E-state index contributed by atoms with van der Waals surface area (Å²) in [5, 5.41) is 2.93. The third-order valence-corrected chi connectivity index (χ3v) is 7.71. The minimum Gasteiger partial charge on any atom is -0.501 e. The molecule has 0 spiro atoms. The molecule has 2 aromatic heterocycles. The van der Waals surface area contributed by atoms with Crippen LogP contribution in [0, 0.1) is 13.8 Å². The number of ether oxygens (including phenoxy) is 1. The summed E-state index contributed by atoms with van der Waals surface area (Å²) in [6.45, 7) is 28.8. The number of nitrogens with zero attached hydrogens (tertiary/aromatic N) is 3. The van der Waals surface area contributed by atoms with Crippen molar-refractivity contribution in [3.05, 3.63) is 58.6 Å². The van der Waals surface area contributed by atoms with Crippen molar-refractivity contribution in [2.45, 2.75) is 180 Å². The lowest BCUT2D eigenvalue weighted by Gasteiger charge is -2.12. The number of allylic oxidation sites excluding steroid dienone is 2. The molecule has 2 heterocycles. The van der Waals surface area contributed by atoms with E-state index in [4.69, 9.17) is 4.74 Å². The molecular formula is C44H80N4O2. The number of hydrogen-bond acceptors (Lipinski definition) is 4. The molecule has 50 heavy (non-hydrogen) atoms. The largest absolute Gasteiger partial charge is 0.501 e. The minimum absolute atomic E-state index is 0.214. The summed E-state index contributed by atoms with van der Waals surface area (Å²) < 4.78 is 7.42. The number of carbonyl (C=O) groups excluding carboxylic acids is 1. The number of aryl methyl sites for hydroxylation is 3. The third-order valence-electron chi connectivity index (χ3n) is 7.71. The molecule has 0 bridgehead atoms. The summed E-state index contributed by atoms with van der Waals surface area (Å²) in [6, 6.07) is 9.62. The van der Waals surface area contributed by atoms with Gasteiger partial charge in [0.15, 0.2) is 0 Å². The molecule has 1 aromatic carbocycles. The van der Waals surface area contributed by atoms with Gasteiger partial charge in [0, 0.05) is 30.3 Å². The Morgan fingerprint density at radius 3 is 1.72 bits per heavy atom. The molecule has 1 saturated carbocycles. The van der Waals surface area contributed by atoms with E-state index < -0.39 is 0 Å². The van der Waals surface area contributed by atoms with E-state index in [1.165, 1.54) is 70.6 Å². The van der Waals surface area contributed by atoms with Gasteiger partial charge in [-0.1, -0.05) is 153 Å². The van der Waals surface area contributed by atoms with Gasteiger partial charge >= 0.3 is 0 Å². The van der Waals surface area contributed by atoms with Crippen molar-refractivity contribution in [1.29, 1.82) is 0 Å². The first-order chi connectivity index (χ1) is 24.2. The Hall–Kier alpha value is -3.15. The first kappa shape index (κ1) is 51.2. The van der Waals surface area contributed by atoms with Gasteiger partial charge in [0.1, 0.15) is 5.76 Å². The first-order valence-corrected chi connectivity index (χ1v) is 20.1. The average Bonchev–Trinajstić information content (AvgIpc) is 3.84. The quantitative estimate of drug-likeness (QED) is 0.169. The third kappa shape index (κ3) is 21.2. The van der Waals surface area contributed by atoms with E-state index >= 15 is 0 Å². The number of hydrogen-bond donors (Lipinski definition) is 1. The number of methoxy groups -OCH3 is 1. The summed E-state index contributed by atoms with van der Waals surface area (Å²) >= 11 is 0. The lowest BCUT2D eigenvalue weighted by molar-refractivity contribution is 0.102. The Balaban J connectivity index is -0.000000859. The van der Waals surface area contributed by atoms with Crippen LogP contribution in [0.3, 0.4) is 0 Å². The van der Waals surface area contributed by atoms with Gasteiger partial charge in [-0.2, -0.15) is 0 Å². The lowest BCUT2D eigenvalue weighted by Crippen LogP contribution is -2.16. The van der Waals surface area contributed by atoms with Crippen molar-refractivity contribution in [2.75, 3.05) is 12.4 Å². The van der Waals surface area contributed by atoms with Crippen molar-refractivity contribution in [3.8, 4) is 0 Å². The number of anilines is 1. The van der Waals surface area contributed by atoms with Gasteiger partial charge in [0.05, 0.1) is 23.8 Å². The molecule has 0 aliphatic heterocycles. The number of benzene rings is 1. The Labute approximate surface area is 310 Å². The highest BCUT2D eigenvalue weighted by Crippen LogP contribution is 2.24. The Kier molecular flexibility index (Phi) is 35.1. The van der Waals surface area contributed by atoms with Crippen molar-refractivity contribution in [3.63, 3.8) is 0 Å². The summed E-state index contributed by atoms with van der Waals surface area (Å²) in [6.07, 6.45) is 17.5. The molecular weight excluding hydrogens is 617 g/mol. The molecule has 1 N–H and O–H groups in total. The van der Waals surface area contributed by atoms with Crippen molar-refractivity contribution in [2.24, 2.45) is 7.05 Å². The molecule has 0 atom stereocenters. The summed E-state index contributed by atoms with van der Waals surface area (Å²) in [5.74, 6) is 1.19. The second-order valence-electron chi connectivity index (χ2n) is 11.8.